The van der Waals surface area contributed by atoms with E-state index in [0.29, 0.717) is 24.4 Å². The second-order valence-electron chi connectivity index (χ2n) is 6.14. The molecule has 0 N–H and O–H groups in total. The average molecular weight is 615 g/mol. The number of hydrogen-bond donors (Lipinski definition) is 0. The van der Waals surface area contributed by atoms with Crippen molar-refractivity contribution in [3.63, 3.8) is 0 Å². The number of aromatic nitrogens is 2. The maximum Gasteiger partial charge on any atom is 0.416 e. The Labute approximate surface area is 208 Å². The van der Waals surface area contributed by atoms with E-state index in [9.17, 15) is 20.2 Å². The van der Waals surface area contributed by atoms with Crippen molar-refractivity contribution in [3.05, 3.63) is 79.7 Å². The molecule has 2 aromatic heterocycles. The highest BCUT2D eigenvalue weighted by atomic mass is 79.9. The first-order chi connectivity index (χ1) is 14.9. The van der Waals surface area contributed by atoms with E-state index in [2.05, 4.69) is 42.0 Å². The number of nitrogens with zero attached hydrogens (tertiary/aromatic N) is 4. The van der Waals surface area contributed by atoms with E-state index in [1.807, 2.05) is 19.9 Å². The van der Waals surface area contributed by atoms with Crippen molar-refractivity contribution in [1.82, 2.24) is 10.1 Å². The Balaban J connectivity index is 0.000000229. The van der Waals surface area contributed by atoms with E-state index in [1.54, 1.807) is 24.3 Å². The fourth-order valence-electron chi connectivity index (χ4n) is 2.39. The summed E-state index contributed by atoms with van der Waals surface area (Å²) in [7, 11) is 0. The Morgan fingerprint density at radius 1 is 1.06 bits per heavy atom. The minimum absolute atomic E-state index is 0.0289. The lowest BCUT2D eigenvalue weighted by molar-refractivity contribution is -0.523. The van der Waals surface area contributed by atoms with Gasteiger partial charge in [0.25, 0.3) is 5.89 Å². The van der Waals surface area contributed by atoms with Gasteiger partial charge in [0.05, 0.1) is 15.5 Å². The third-order valence-corrected chi connectivity index (χ3v) is 5.95. The summed E-state index contributed by atoms with van der Waals surface area (Å²) < 4.78 is 6.38. The molecule has 0 atom stereocenters. The van der Waals surface area contributed by atoms with Crippen LogP contribution >= 0.6 is 55.1 Å². The van der Waals surface area contributed by atoms with Gasteiger partial charge in [-0.3, -0.25) is 20.2 Å². The number of nitro groups is 2. The molecule has 0 amide bonds. The first kappa shape index (κ1) is 26.2. The Hall–Kier alpha value is -2.02. The molecule has 0 radical (unpaired) electrons. The molecular formula is C18H16Br2Cl2N4O6. The Morgan fingerprint density at radius 3 is 2.16 bits per heavy atom. The van der Waals surface area contributed by atoms with Crippen LogP contribution < -0.4 is 0 Å². The summed E-state index contributed by atoms with van der Waals surface area (Å²) >= 11 is 16.9. The average Bonchev–Trinajstić information content (AvgIpc) is 3.42. The zero-order valence-corrected chi connectivity index (χ0v) is 21.3. The molecule has 0 fully saturated rings. The molecule has 0 aliphatic heterocycles. The second-order valence-corrected chi connectivity index (χ2v) is 10.8. The van der Waals surface area contributed by atoms with Gasteiger partial charge >= 0.3 is 7.81 Å². The highest BCUT2D eigenvalue weighted by Gasteiger charge is 2.45. The van der Waals surface area contributed by atoms with Crippen LogP contribution in [0.1, 0.15) is 36.9 Å². The lowest BCUT2D eigenvalue weighted by atomic mass is 10.2. The summed E-state index contributed by atoms with van der Waals surface area (Å²) in [5.74, 6) is 1.09. The highest BCUT2D eigenvalue weighted by Crippen LogP contribution is 2.39. The molecule has 0 unspecified atom stereocenters. The number of rotatable bonds is 7. The molecule has 0 spiro atoms. The maximum atomic E-state index is 10.7. The molecule has 0 aliphatic carbocycles. The van der Waals surface area contributed by atoms with E-state index < -0.39 is 17.7 Å². The van der Waals surface area contributed by atoms with E-state index in [1.165, 1.54) is 6.07 Å². The van der Waals surface area contributed by atoms with Gasteiger partial charge in [-0.05, 0) is 29.6 Å². The third kappa shape index (κ3) is 5.85. The van der Waals surface area contributed by atoms with Crippen LogP contribution in [0.15, 0.2) is 45.3 Å². The first-order valence-corrected chi connectivity index (χ1v) is 11.4. The molecule has 0 bridgehead atoms. The molecule has 14 heteroatoms. The van der Waals surface area contributed by atoms with Gasteiger partial charge in [-0.25, -0.2) is 4.98 Å². The molecule has 10 nitrogen and oxygen atoms in total. The Morgan fingerprint density at radius 2 is 1.69 bits per heavy atom. The number of oxazole rings is 1. The lowest BCUT2D eigenvalue weighted by Gasteiger charge is -2.05. The Kier molecular flexibility index (Phi) is 8.80. The SMILES string of the molecule is CCc1nc(C(Br)(Br)[N+](=O)[O-])oc1CC.O=[N+]([O-])C(Cl)(Cl)c1cc(-c2ccccc2)on1. The van der Waals surface area contributed by atoms with Crippen LogP contribution in [0.5, 0.6) is 0 Å². The van der Waals surface area contributed by atoms with Crippen molar-refractivity contribution in [3.8, 4) is 11.3 Å². The minimum atomic E-state index is -2.30. The standard InChI is InChI=1S/C10H6Cl2N2O3.C8H10Br2N2O3/c11-10(12,14(15)16)9-6-8(17-13-9)7-4-2-1-3-5-7;1-3-5-6(4-2)15-7(11-5)8(9,10)12(13)14/h1-6H;3-4H2,1-2H3. The summed E-state index contributed by atoms with van der Waals surface area (Å²) in [6, 6.07) is 10.4. The summed E-state index contributed by atoms with van der Waals surface area (Å²) in [5.41, 5.74) is 1.35. The van der Waals surface area contributed by atoms with Crippen molar-refractivity contribution < 1.29 is 18.8 Å². The predicted molar refractivity (Wildman–Crippen MR) is 124 cm³/mol. The largest absolute Gasteiger partial charge is 0.438 e. The van der Waals surface area contributed by atoms with Crippen molar-refractivity contribution in [1.29, 1.82) is 0 Å². The number of alkyl halides is 4. The predicted octanol–water partition coefficient (Wildman–Crippen LogP) is 6.18. The van der Waals surface area contributed by atoms with Crippen LogP contribution in [0.2, 0.25) is 0 Å². The van der Waals surface area contributed by atoms with Gasteiger partial charge < -0.3 is 8.94 Å². The van der Waals surface area contributed by atoms with Crippen LogP contribution in [0.3, 0.4) is 0 Å². The van der Waals surface area contributed by atoms with Crippen LogP contribution in [0.25, 0.3) is 11.3 Å². The fourth-order valence-corrected chi connectivity index (χ4v) is 2.91. The van der Waals surface area contributed by atoms with E-state index in [0.717, 1.165) is 11.3 Å². The summed E-state index contributed by atoms with van der Waals surface area (Å²) in [6.07, 6.45) is 1.37. The van der Waals surface area contributed by atoms with Crippen LogP contribution in [0.4, 0.5) is 0 Å². The molecule has 0 saturated carbocycles. The van der Waals surface area contributed by atoms with Crippen molar-refractivity contribution >= 4 is 55.1 Å². The number of hydrogen-bond acceptors (Lipinski definition) is 8. The fraction of sp³-hybridized carbons (Fsp3) is 0.333. The second kappa shape index (κ2) is 10.7. The summed E-state index contributed by atoms with van der Waals surface area (Å²) in [5, 5.41) is 24.9. The van der Waals surface area contributed by atoms with Gasteiger partial charge in [0.2, 0.25) is 0 Å². The zero-order chi connectivity index (χ0) is 24.1. The number of benzene rings is 1. The van der Waals surface area contributed by atoms with Crippen LogP contribution in [0, 0.1) is 20.2 Å². The normalized spacial score (nSPS) is 11.6. The highest BCUT2D eigenvalue weighted by molar-refractivity contribution is 9.24. The molecule has 1 aromatic carbocycles. The zero-order valence-electron chi connectivity index (χ0n) is 16.6. The minimum Gasteiger partial charge on any atom is -0.438 e. The van der Waals surface area contributed by atoms with Crippen LogP contribution in [-0.4, -0.2) is 20.0 Å². The molecule has 172 valence electrons. The molecule has 3 aromatic rings. The maximum absolute atomic E-state index is 10.7. The molecule has 3 rings (SSSR count). The molecule has 2 heterocycles. The lowest BCUT2D eigenvalue weighted by Crippen LogP contribution is -2.22. The van der Waals surface area contributed by atoms with Crippen LogP contribution in [-0.2, 0) is 20.7 Å². The molecular weight excluding hydrogens is 599 g/mol. The number of aryl methyl sites for hydroxylation is 2. The monoisotopic (exact) mass is 612 g/mol. The number of halogens is 4. The third-order valence-electron chi connectivity index (χ3n) is 4.03. The van der Waals surface area contributed by atoms with Gasteiger partial charge in [0, 0.05) is 49.9 Å². The smallest absolute Gasteiger partial charge is 0.416 e. The van der Waals surface area contributed by atoms with Gasteiger partial charge in [-0.2, -0.15) is 0 Å². The van der Waals surface area contributed by atoms with E-state index in [4.69, 9.17) is 32.1 Å². The quantitative estimate of drug-likeness (QED) is 0.133. The van der Waals surface area contributed by atoms with Gasteiger partial charge in [-0.1, -0.05) is 49.3 Å². The van der Waals surface area contributed by atoms with E-state index >= 15 is 0 Å². The summed E-state index contributed by atoms with van der Waals surface area (Å²) in [6.45, 7) is 3.84. The van der Waals surface area contributed by atoms with Crippen molar-refractivity contribution in [2.24, 2.45) is 0 Å². The van der Waals surface area contributed by atoms with Gasteiger partial charge in [-0.15, -0.1) is 0 Å². The summed E-state index contributed by atoms with van der Waals surface area (Å²) in [4.78, 5) is 24.1. The van der Waals surface area contributed by atoms with Crippen molar-refractivity contribution in [2.75, 3.05) is 0 Å². The van der Waals surface area contributed by atoms with Gasteiger partial charge in [0.1, 0.15) is 5.76 Å². The van der Waals surface area contributed by atoms with Crippen molar-refractivity contribution in [2.45, 2.75) is 34.5 Å². The molecule has 0 saturated heterocycles. The van der Waals surface area contributed by atoms with E-state index in [-0.39, 0.29) is 11.6 Å². The van der Waals surface area contributed by atoms with Gasteiger partial charge in [0.15, 0.2) is 11.5 Å². The first-order valence-electron chi connectivity index (χ1n) is 9.01. The topological polar surface area (TPSA) is 138 Å². The Bertz CT molecular complexity index is 1070. The molecule has 32 heavy (non-hydrogen) atoms. The molecule has 0 aliphatic rings.